The van der Waals surface area contributed by atoms with Gasteiger partial charge >= 0.3 is 5.97 Å². The molecule has 0 aromatic rings. The number of ether oxygens (including phenoxy) is 2. The standard InChI is InChI=1S/C8H14FNO3/c1-2-12-5-6-13-8(11)7(9)3-4-10/h2,7H,1,3-6,10H2. The first-order valence-electron chi connectivity index (χ1n) is 3.95. The van der Waals surface area contributed by atoms with Crippen LogP contribution in [0.3, 0.4) is 0 Å². The number of hydrogen-bond donors (Lipinski definition) is 1. The predicted octanol–water partition coefficient (Wildman–Crippen LogP) is 0.377. The van der Waals surface area contributed by atoms with Gasteiger partial charge in [0.05, 0.1) is 6.26 Å². The van der Waals surface area contributed by atoms with E-state index in [1.165, 1.54) is 6.26 Å². The molecule has 0 aromatic carbocycles. The number of rotatable bonds is 7. The highest BCUT2D eigenvalue weighted by atomic mass is 19.1. The second kappa shape index (κ2) is 7.54. The Morgan fingerprint density at radius 1 is 1.62 bits per heavy atom. The van der Waals surface area contributed by atoms with E-state index in [4.69, 9.17) is 5.73 Å². The Balaban J connectivity index is 3.43. The van der Waals surface area contributed by atoms with Crippen LogP contribution in [0.4, 0.5) is 4.39 Å². The molecule has 0 rings (SSSR count). The minimum absolute atomic E-state index is 0.0127. The van der Waals surface area contributed by atoms with Gasteiger partial charge in [0.25, 0.3) is 0 Å². The number of nitrogens with two attached hydrogens (primary N) is 1. The molecule has 0 heterocycles. The molecule has 0 fully saturated rings. The zero-order valence-corrected chi connectivity index (χ0v) is 7.37. The van der Waals surface area contributed by atoms with Gasteiger partial charge < -0.3 is 15.2 Å². The van der Waals surface area contributed by atoms with Gasteiger partial charge in [0.2, 0.25) is 0 Å². The van der Waals surface area contributed by atoms with Gasteiger partial charge in [0.1, 0.15) is 13.2 Å². The Bertz CT molecular complexity index is 163. The molecule has 13 heavy (non-hydrogen) atoms. The van der Waals surface area contributed by atoms with Crippen molar-refractivity contribution in [2.24, 2.45) is 5.73 Å². The van der Waals surface area contributed by atoms with Crippen molar-refractivity contribution >= 4 is 5.97 Å². The summed E-state index contributed by atoms with van der Waals surface area (Å²) in [5.41, 5.74) is 5.06. The minimum Gasteiger partial charge on any atom is -0.498 e. The van der Waals surface area contributed by atoms with E-state index < -0.39 is 12.1 Å². The molecular formula is C8H14FNO3. The lowest BCUT2D eigenvalue weighted by molar-refractivity contribution is -0.150. The lowest BCUT2D eigenvalue weighted by Crippen LogP contribution is -2.23. The molecule has 0 aromatic heterocycles. The zero-order valence-electron chi connectivity index (χ0n) is 7.37. The molecule has 2 N–H and O–H groups in total. The van der Waals surface area contributed by atoms with E-state index in [1.807, 2.05) is 0 Å². The van der Waals surface area contributed by atoms with E-state index in [0.717, 1.165) is 0 Å². The fourth-order valence-corrected chi connectivity index (χ4v) is 0.628. The number of carbonyl (C=O) groups is 1. The first kappa shape index (κ1) is 11.9. The highest BCUT2D eigenvalue weighted by Gasteiger charge is 2.17. The maximum Gasteiger partial charge on any atom is 0.340 e. The predicted molar refractivity (Wildman–Crippen MR) is 45.7 cm³/mol. The largest absolute Gasteiger partial charge is 0.498 e. The minimum atomic E-state index is -1.63. The van der Waals surface area contributed by atoms with Crippen LogP contribution in [0.2, 0.25) is 0 Å². The van der Waals surface area contributed by atoms with Crippen molar-refractivity contribution in [2.45, 2.75) is 12.6 Å². The van der Waals surface area contributed by atoms with Gasteiger partial charge in [-0.1, -0.05) is 6.58 Å². The van der Waals surface area contributed by atoms with Crippen molar-refractivity contribution in [3.05, 3.63) is 12.8 Å². The summed E-state index contributed by atoms with van der Waals surface area (Å²) in [5.74, 6) is -0.891. The first-order chi connectivity index (χ1) is 6.22. The summed E-state index contributed by atoms with van der Waals surface area (Å²) in [6.45, 7) is 3.62. The molecule has 1 unspecified atom stereocenters. The Labute approximate surface area is 76.5 Å². The molecule has 0 radical (unpaired) electrons. The summed E-state index contributed by atoms with van der Waals surface area (Å²) in [6.07, 6.45) is -0.421. The van der Waals surface area contributed by atoms with Crippen molar-refractivity contribution in [3.63, 3.8) is 0 Å². The molecule has 0 aliphatic heterocycles. The smallest absolute Gasteiger partial charge is 0.340 e. The summed E-state index contributed by atoms with van der Waals surface area (Å²) in [7, 11) is 0. The van der Waals surface area contributed by atoms with Crippen LogP contribution in [-0.4, -0.2) is 31.9 Å². The summed E-state index contributed by atoms with van der Waals surface area (Å²) in [5, 5.41) is 0. The summed E-state index contributed by atoms with van der Waals surface area (Å²) >= 11 is 0. The Hall–Kier alpha value is -1.10. The molecule has 76 valence electrons. The topological polar surface area (TPSA) is 61.5 Å². The van der Waals surface area contributed by atoms with E-state index in [9.17, 15) is 9.18 Å². The lowest BCUT2D eigenvalue weighted by atomic mass is 10.3. The summed E-state index contributed by atoms with van der Waals surface area (Å²) < 4.78 is 21.9. The number of carbonyl (C=O) groups excluding carboxylic acids is 1. The highest BCUT2D eigenvalue weighted by Crippen LogP contribution is 1.98. The fourth-order valence-electron chi connectivity index (χ4n) is 0.628. The molecule has 4 nitrogen and oxygen atoms in total. The first-order valence-corrected chi connectivity index (χ1v) is 3.95. The van der Waals surface area contributed by atoms with Gasteiger partial charge in [-0.15, -0.1) is 0 Å². The van der Waals surface area contributed by atoms with E-state index in [2.05, 4.69) is 16.1 Å². The van der Waals surface area contributed by atoms with Gasteiger partial charge in [-0.2, -0.15) is 0 Å². The summed E-state index contributed by atoms with van der Waals surface area (Å²) in [6, 6.07) is 0. The third-order valence-electron chi connectivity index (χ3n) is 1.24. The van der Waals surface area contributed by atoms with Crippen molar-refractivity contribution in [2.75, 3.05) is 19.8 Å². The fraction of sp³-hybridized carbons (Fsp3) is 0.625. The second-order valence-corrected chi connectivity index (χ2v) is 2.25. The average Bonchev–Trinajstić information content (AvgIpc) is 2.12. The second-order valence-electron chi connectivity index (χ2n) is 2.25. The molecule has 0 saturated heterocycles. The Morgan fingerprint density at radius 3 is 2.85 bits per heavy atom. The zero-order chi connectivity index (χ0) is 10.1. The van der Waals surface area contributed by atoms with E-state index in [-0.39, 0.29) is 26.2 Å². The molecule has 0 amide bonds. The van der Waals surface area contributed by atoms with Crippen molar-refractivity contribution in [1.82, 2.24) is 0 Å². The maximum atomic E-state index is 12.7. The van der Waals surface area contributed by atoms with Crippen LogP contribution < -0.4 is 5.73 Å². The van der Waals surface area contributed by atoms with Gasteiger partial charge in [-0.05, 0) is 6.54 Å². The monoisotopic (exact) mass is 191 g/mol. The molecule has 0 aliphatic rings. The van der Waals surface area contributed by atoms with Crippen LogP contribution in [0.5, 0.6) is 0 Å². The Kier molecular flexibility index (Phi) is 6.91. The van der Waals surface area contributed by atoms with Crippen LogP contribution in [0, 0.1) is 0 Å². The lowest BCUT2D eigenvalue weighted by Gasteiger charge is -2.07. The van der Waals surface area contributed by atoms with Crippen LogP contribution in [-0.2, 0) is 14.3 Å². The number of alkyl halides is 1. The van der Waals surface area contributed by atoms with Crippen LogP contribution in [0.15, 0.2) is 12.8 Å². The molecule has 0 bridgehead atoms. The number of hydrogen-bond acceptors (Lipinski definition) is 4. The molecule has 0 aliphatic carbocycles. The average molecular weight is 191 g/mol. The van der Waals surface area contributed by atoms with E-state index in [1.54, 1.807) is 0 Å². The molecule has 0 spiro atoms. The van der Waals surface area contributed by atoms with Crippen molar-refractivity contribution in [3.8, 4) is 0 Å². The number of esters is 1. The van der Waals surface area contributed by atoms with Crippen molar-refractivity contribution < 1.29 is 18.7 Å². The van der Waals surface area contributed by atoms with Crippen molar-refractivity contribution in [1.29, 1.82) is 0 Å². The molecule has 0 saturated carbocycles. The van der Waals surface area contributed by atoms with Gasteiger partial charge in [-0.3, -0.25) is 0 Å². The molecule has 1 atom stereocenters. The molecule has 5 heteroatoms. The van der Waals surface area contributed by atoms with E-state index >= 15 is 0 Å². The van der Waals surface area contributed by atoms with Gasteiger partial charge in [-0.25, -0.2) is 9.18 Å². The van der Waals surface area contributed by atoms with Crippen LogP contribution in [0.1, 0.15) is 6.42 Å². The SMILES string of the molecule is C=COCCOC(=O)C(F)CCN. The highest BCUT2D eigenvalue weighted by molar-refractivity contribution is 5.74. The van der Waals surface area contributed by atoms with Crippen LogP contribution in [0.25, 0.3) is 0 Å². The maximum absolute atomic E-state index is 12.7. The van der Waals surface area contributed by atoms with Gasteiger partial charge in [0, 0.05) is 6.42 Å². The third kappa shape index (κ3) is 6.10. The molecular weight excluding hydrogens is 177 g/mol. The third-order valence-corrected chi connectivity index (χ3v) is 1.24. The Morgan fingerprint density at radius 2 is 2.31 bits per heavy atom. The summed E-state index contributed by atoms with van der Waals surface area (Å²) in [4.78, 5) is 10.8. The normalized spacial score (nSPS) is 11.8. The van der Waals surface area contributed by atoms with E-state index in [0.29, 0.717) is 0 Å². The van der Waals surface area contributed by atoms with Gasteiger partial charge in [0.15, 0.2) is 6.17 Å². The number of halogens is 1. The van der Waals surface area contributed by atoms with Crippen LogP contribution >= 0.6 is 0 Å². The quantitative estimate of drug-likeness (QED) is 0.359.